The molecule has 0 bridgehead atoms. The Labute approximate surface area is 178 Å². The van der Waals surface area contributed by atoms with E-state index in [1.54, 1.807) is 21.3 Å². The van der Waals surface area contributed by atoms with Crippen LogP contribution in [0.3, 0.4) is 0 Å². The lowest BCUT2D eigenvalue weighted by Gasteiger charge is -2.37. The number of halogens is 1. The van der Waals surface area contributed by atoms with Gasteiger partial charge in [-0.25, -0.2) is 0 Å². The number of amides is 1. The van der Waals surface area contributed by atoms with Gasteiger partial charge < -0.3 is 29.9 Å². The number of carbonyl (C=O) groups excluding carboxylic acids is 1. The van der Waals surface area contributed by atoms with Crippen LogP contribution in [0.4, 0.5) is 5.69 Å². The maximum absolute atomic E-state index is 11.8. The molecule has 9 heteroatoms. The van der Waals surface area contributed by atoms with Crippen molar-refractivity contribution in [2.75, 3.05) is 72.0 Å². The zero-order valence-electron chi connectivity index (χ0n) is 16.2. The molecular weight excluding hydrogens is 461 g/mol. The normalized spacial score (nSPS) is 14.4. The molecule has 0 spiro atoms. The highest BCUT2D eigenvalue weighted by atomic mass is 127. The molecule has 1 aliphatic heterocycles. The summed E-state index contributed by atoms with van der Waals surface area (Å²) < 4.78 is 10.1. The predicted molar refractivity (Wildman–Crippen MR) is 118 cm³/mol. The number of methoxy groups -OCH3 is 2. The topological polar surface area (TPSA) is 78.4 Å². The zero-order valence-corrected chi connectivity index (χ0v) is 18.6. The standard InChI is InChI=1S/C18H29N5O3.HI/c1-19-18(21-14-17(24)20-8-13-25-2)23-11-9-22(10-12-23)15-4-6-16(26-3)7-5-15;/h4-7H,8-14H2,1-3H3,(H,19,21)(H,20,24);1H. The molecule has 1 saturated heterocycles. The van der Waals surface area contributed by atoms with Gasteiger partial charge in [-0.3, -0.25) is 9.79 Å². The second-order valence-corrected chi connectivity index (χ2v) is 5.92. The Morgan fingerprint density at radius 2 is 1.78 bits per heavy atom. The lowest BCUT2D eigenvalue weighted by Crippen LogP contribution is -2.53. The van der Waals surface area contributed by atoms with Crippen LogP contribution in [-0.2, 0) is 9.53 Å². The molecule has 27 heavy (non-hydrogen) atoms. The van der Waals surface area contributed by atoms with E-state index in [0.29, 0.717) is 13.2 Å². The van der Waals surface area contributed by atoms with E-state index < -0.39 is 0 Å². The van der Waals surface area contributed by atoms with Crippen LogP contribution in [0, 0.1) is 0 Å². The van der Waals surface area contributed by atoms with Gasteiger partial charge in [-0.2, -0.15) is 0 Å². The number of carbonyl (C=O) groups is 1. The number of aliphatic imine (C=N–C) groups is 1. The summed E-state index contributed by atoms with van der Waals surface area (Å²) in [6.07, 6.45) is 0. The molecule has 8 nitrogen and oxygen atoms in total. The number of nitrogens with zero attached hydrogens (tertiary/aromatic N) is 3. The molecular formula is C18H30IN5O3. The average molecular weight is 491 g/mol. The maximum Gasteiger partial charge on any atom is 0.239 e. The smallest absolute Gasteiger partial charge is 0.239 e. The Balaban J connectivity index is 0.00000364. The summed E-state index contributed by atoms with van der Waals surface area (Å²) >= 11 is 0. The molecule has 1 aliphatic rings. The third-order valence-electron chi connectivity index (χ3n) is 4.26. The van der Waals surface area contributed by atoms with Crippen molar-refractivity contribution in [3.05, 3.63) is 24.3 Å². The Morgan fingerprint density at radius 1 is 1.11 bits per heavy atom. The van der Waals surface area contributed by atoms with Gasteiger partial charge in [0.2, 0.25) is 5.91 Å². The second kappa shape index (κ2) is 12.6. The fourth-order valence-corrected chi connectivity index (χ4v) is 2.82. The highest BCUT2D eigenvalue weighted by Crippen LogP contribution is 2.20. The molecule has 1 aromatic rings. The molecule has 2 rings (SSSR count). The van der Waals surface area contributed by atoms with E-state index in [-0.39, 0.29) is 36.4 Å². The highest BCUT2D eigenvalue weighted by molar-refractivity contribution is 14.0. The van der Waals surface area contributed by atoms with Crippen LogP contribution < -0.4 is 20.3 Å². The van der Waals surface area contributed by atoms with Gasteiger partial charge in [0, 0.05) is 52.6 Å². The predicted octanol–water partition coefficient (Wildman–Crippen LogP) is 0.773. The number of guanidine groups is 1. The van der Waals surface area contributed by atoms with Crippen LogP contribution in [0.2, 0.25) is 0 Å². The van der Waals surface area contributed by atoms with Gasteiger partial charge in [0.15, 0.2) is 5.96 Å². The van der Waals surface area contributed by atoms with Crippen molar-refractivity contribution >= 4 is 41.5 Å². The number of ether oxygens (including phenoxy) is 2. The van der Waals surface area contributed by atoms with Gasteiger partial charge in [-0.1, -0.05) is 0 Å². The van der Waals surface area contributed by atoms with E-state index in [0.717, 1.165) is 37.9 Å². The maximum atomic E-state index is 11.8. The third-order valence-corrected chi connectivity index (χ3v) is 4.26. The molecule has 0 aliphatic carbocycles. The number of anilines is 1. The van der Waals surface area contributed by atoms with Crippen molar-refractivity contribution in [1.82, 2.24) is 15.5 Å². The molecule has 1 aromatic carbocycles. The molecule has 1 fully saturated rings. The number of hydrogen-bond donors (Lipinski definition) is 2. The van der Waals surface area contributed by atoms with E-state index in [1.165, 1.54) is 5.69 Å². The zero-order chi connectivity index (χ0) is 18.8. The summed E-state index contributed by atoms with van der Waals surface area (Å²) in [5.41, 5.74) is 1.19. The summed E-state index contributed by atoms with van der Waals surface area (Å²) in [5.74, 6) is 1.54. The van der Waals surface area contributed by atoms with Gasteiger partial charge in [0.25, 0.3) is 0 Å². The van der Waals surface area contributed by atoms with Crippen LogP contribution in [-0.4, -0.2) is 83.9 Å². The molecule has 0 saturated carbocycles. The largest absolute Gasteiger partial charge is 0.497 e. The Bertz CT molecular complexity index is 589. The Morgan fingerprint density at radius 3 is 2.33 bits per heavy atom. The van der Waals surface area contributed by atoms with Crippen molar-refractivity contribution in [1.29, 1.82) is 0 Å². The lowest BCUT2D eigenvalue weighted by atomic mass is 10.2. The average Bonchev–Trinajstić information content (AvgIpc) is 2.69. The SMILES string of the molecule is CN=C(NCC(=O)NCCOC)N1CCN(c2ccc(OC)cc2)CC1.I. The van der Waals surface area contributed by atoms with Crippen LogP contribution >= 0.6 is 24.0 Å². The summed E-state index contributed by atoms with van der Waals surface area (Å²) in [6, 6.07) is 8.10. The van der Waals surface area contributed by atoms with Crippen LogP contribution in [0.15, 0.2) is 29.3 Å². The summed E-state index contributed by atoms with van der Waals surface area (Å²) in [7, 11) is 5.02. The molecule has 152 valence electrons. The fraction of sp³-hybridized carbons (Fsp3) is 0.556. The molecule has 0 aromatic heterocycles. The number of rotatable bonds is 7. The number of nitrogens with one attached hydrogen (secondary N) is 2. The third kappa shape index (κ3) is 7.41. The first kappa shape index (κ1) is 23.3. The molecule has 1 amide bonds. The van der Waals surface area contributed by atoms with Crippen molar-refractivity contribution in [3.63, 3.8) is 0 Å². The molecule has 0 atom stereocenters. The fourth-order valence-electron chi connectivity index (χ4n) is 2.82. The molecule has 0 unspecified atom stereocenters. The van der Waals surface area contributed by atoms with Gasteiger partial charge in [-0.05, 0) is 24.3 Å². The minimum Gasteiger partial charge on any atom is -0.497 e. The first-order valence-electron chi connectivity index (χ1n) is 8.78. The number of hydrogen-bond acceptors (Lipinski definition) is 5. The van der Waals surface area contributed by atoms with E-state index >= 15 is 0 Å². The van der Waals surface area contributed by atoms with Crippen LogP contribution in [0.5, 0.6) is 5.75 Å². The van der Waals surface area contributed by atoms with E-state index in [1.807, 2.05) is 12.1 Å². The van der Waals surface area contributed by atoms with E-state index in [9.17, 15) is 4.79 Å². The highest BCUT2D eigenvalue weighted by Gasteiger charge is 2.20. The van der Waals surface area contributed by atoms with E-state index in [4.69, 9.17) is 9.47 Å². The number of benzene rings is 1. The van der Waals surface area contributed by atoms with E-state index in [2.05, 4.69) is 37.6 Å². The minimum atomic E-state index is -0.0694. The first-order valence-corrected chi connectivity index (χ1v) is 8.78. The van der Waals surface area contributed by atoms with Gasteiger partial charge in [0.1, 0.15) is 5.75 Å². The molecule has 0 radical (unpaired) electrons. The lowest BCUT2D eigenvalue weighted by molar-refractivity contribution is -0.120. The minimum absolute atomic E-state index is 0. The summed E-state index contributed by atoms with van der Waals surface area (Å²) in [4.78, 5) is 20.6. The van der Waals surface area contributed by atoms with Crippen LogP contribution in [0.25, 0.3) is 0 Å². The van der Waals surface area contributed by atoms with Crippen molar-refractivity contribution in [2.24, 2.45) is 4.99 Å². The second-order valence-electron chi connectivity index (χ2n) is 5.92. The van der Waals surface area contributed by atoms with Crippen LogP contribution in [0.1, 0.15) is 0 Å². The Kier molecular flexibility index (Phi) is 10.9. The van der Waals surface area contributed by atoms with Gasteiger partial charge in [-0.15, -0.1) is 24.0 Å². The monoisotopic (exact) mass is 491 g/mol. The van der Waals surface area contributed by atoms with Crippen molar-refractivity contribution < 1.29 is 14.3 Å². The summed E-state index contributed by atoms with van der Waals surface area (Å²) in [5, 5.41) is 5.91. The Hall–Kier alpha value is -1.75. The summed E-state index contributed by atoms with van der Waals surface area (Å²) in [6.45, 7) is 4.70. The number of piperazine rings is 1. The molecule has 2 N–H and O–H groups in total. The quantitative estimate of drug-likeness (QED) is 0.254. The molecule has 1 heterocycles. The first-order chi connectivity index (χ1) is 12.7. The van der Waals surface area contributed by atoms with Gasteiger partial charge >= 0.3 is 0 Å². The van der Waals surface area contributed by atoms with Crippen molar-refractivity contribution in [2.45, 2.75) is 0 Å². The van der Waals surface area contributed by atoms with Crippen molar-refractivity contribution in [3.8, 4) is 5.75 Å². The van der Waals surface area contributed by atoms with Gasteiger partial charge in [0.05, 0.1) is 20.3 Å².